The number of urea groups is 1. The van der Waals surface area contributed by atoms with Crippen LogP contribution in [0.15, 0.2) is 77.8 Å². The molecule has 15 nitrogen and oxygen atoms in total. The molecule has 18 heteroatoms. The molecule has 4 aromatic rings. The van der Waals surface area contributed by atoms with Crippen LogP contribution in [0.1, 0.15) is 66.7 Å². The molecular weight excluding hydrogens is 792 g/mol. The number of rotatable bonds is 22. The molecule has 0 spiro atoms. The number of amides is 4. The second-order valence-corrected chi connectivity index (χ2v) is 17.3. The Morgan fingerprint density at radius 2 is 1.56 bits per heavy atom. The Labute approximate surface area is 341 Å². The molecule has 0 aliphatic heterocycles. The summed E-state index contributed by atoms with van der Waals surface area (Å²) >= 11 is 2.89. The van der Waals surface area contributed by atoms with E-state index in [9.17, 15) is 28.7 Å². The van der Waals surface area contributed by atoms with Crippen LogP contribution in [0.3, 0.4) is 0 Å². The molecule has 0 aliphatic rings. The quantitative estimate of drug-likeness (QED) is 0.0456. The lowest BCUT2D eigenvalue weighted by Gasteiger charge is -2.33. The first-order valence-electron chi connectivity index (χ1n) is 18.6. The van der Waals surface area contributed by atoms with Gasteiger partial charge in [0.25, 0.3) is 0 Å². The molecule has 0 saturated carbocycles. The van der Waals surface area contributed by atoms with Gasteiger partial charge in [0.1, 0.15) is 12.6 Å². The van der Waals surface area contributed by atoms with Gasteiger partial charge >= 0.3 is 19.9 Å². The van der Waals surface area contributed by atoms with E-state index < -0.39 is 56.7 Å². The number of nitrogens with one attached hydrogen (secondary N) is 3. The first-order chi connectivity index (χ1) is 27.2. The van der Waals surface area contributed by atoms with Crippen LogP contribution in [0.25, 0.3) is 0 Å². The van der Waals surface area contributed by atoms with Crippen molar-refractivity contribution < 1.29 is 42.7 Å². The number of benzene rings is 2. The van der Waals surface area contributed by atoms with E-state index in [-0.39, 0.29) is 38.0 Å². The number of ether oxygens (including phenoxy) is 2. The van der Waals surface area contributed by atoms with Crippen LogP contribution in [0.4, 0.5) is 9.59 Å². The third kappa shape index (κ3) is 16.3. The van der Waals surface area contributed by atoms with Crippen LogP contribution >= 0.6 is 30.5 Å². The summed E-state index contributed by atoms with van der Waals surface area (Å²) in [5, 5.41) is 11.9. The lowest BCUT2D eigenvalue weighted by atomic mass is 9.93. The highest BCUT2D eigenvalue weighted by molar-refractivity contribution is 7.46. The number of aromatic nitrogens is 2. The molecule has 0 unspecified atom stereocenters. The van der Waals surface area contributed by atoms with Gasteiger partial charge in [0, 0.05) is 30.6 Å². The van der Waals surface area contributed by atoms with Crippen molar-refractivity contribution in [2.75, 3.05) is 20.3 Å². The van der Waals surface area contributed by atoms with E-state index in [1.807, 2.05) is 79.9 Å². The number of hydrogen-bond donors (Lipinski definition) is 5. The van der Waals surface area contributed by atoms with Crippen LogP contribution < -0.4 is 16.0 Å². The van der Waals surface area contributed by atoms with Crippen molar-refractivity contribution in [3.63, 3.8) is 0 Å². The molecule has 57 heavy (non-hydrogen) atoms. The van der Waals surface area contributed by atoms with Crippen molar-refractivity contribution in [3.8, 4) is 0 Å². The number of thiazole rings is 2. The Balaban J connectivity index is 1.58. The van der Waals surface area contributed by atoms with Gasteiger partial charge in [0.2, 0.25) is 5.91 Å². The lowest BCUT2D eigenvalue weighted by Crippen LogP contribution is -2.56. The largest absolute Gasteiger partial charge is 0.469 e. The average molecular weight is 845 g/mol. The Kier molecular flexibility index (Phi) is 18.1. The molecule has 5 N–H and O–H groups in total. The Morgan fingerprint density at radius 1 is 0.895 bits per heavy atom. The molecular formula is C39H53N6O9PS2. The molecule has 0 aliphatic carbocycles. The van der Waals surface area contributed by atoms with Crippen molar-refractivity contribution in [3.05, 3.63) is 104 Å². The zero-order chi connectivity index (χ0) is 41.4. The fourth-order valence-corrected chi connectivity index (χ4v) is 7.55. The summed E-state index contributed by atoms with van der Waals surface area (Å²) in [6, 6.07) is 16.3. The van der Waals surface area contributed by atoms with Gasteiger partial charge in [-0.1, -0.05) is 88.4 Å². The molecule has 4 amide bonds. The van der Waals surface area contributed by atoms with Crippen molar-refractivity contribution in [1.29, 1.82) is 0 Å². The zero-order valence-corrected chi connectivity index (χ0v) is 35.3. The van der Waals surface area contributed by atoms with E-state index in [2.05, 4.69) is 44.3 Å². The fourth-order valence-electron chi connectivity index (χ4n) is 5.91. The van der Waals surface area contributed by atoms with E-state index in [0.717, 1.165) is 26.7 Å². The highest BCUT2D eigenvalue weighted by Gasteiger charge is 2.32. The predicted molar refractivity (Wildman–Crippen MR) is 219 cm³/mol. The minimum atomic E-state index is -4.79. The highest BCUT2D eigenvalue weighted by Crippen LogP contribution is 2.35. The van der Waals surface area contributed by atoms with Gasteiger partial charge in [-0.05, 0) is 36.3 Å². The maximum Gasteiger partial charge on any atom is 0.469 e. The van der Waals surface area contributed by atoms with Crippen molar-refractivity contribution in [1.82, 2.24) is 30.8 Å². The van der Waals surface area contributed by atoms with Gasteiger partial charge < -0.3 is 40.1 Å². The van der Waals surface area contributed by atoms with Gasteiger partial charge in [-0.15, -0.1) is 22.7 Å². The topological polar surface area (TPSA) is 202 Å². The normalized spacial score (nSPS) is 13.8. The Morgan fingerprint density at radius 3 is 2.14 bits per heavy atom. The van der Waals surface area contributed by atoms with Crippen molar-refractivity contribution in [2.24, 2.45) is 5.92 Å². The van der Waals surface area contributed by atoms with E-state index in [4.69, 9.17) is 9.47 Å². The molecule has 2 aromatic carbocycles. The maximum absolute atomic E-state index is 14.2. The SMILES string of the molecule is CC(C)c1nc(CN(C)C(=O)N[C@H](C(=O)N[C@@H](Cc2ccccc2)C[C@H](OCCOP(=O)(O)O)[C@H](Cc2ccccc2)NC(=O)OCc2cncs2)C(C)C)cs1. The second kappa shape index (κ2) is 22.6. The number of phosphoric ester groups is 1. The van der Waals surface area contributed by atoms with E-state index >= 15 is 0 Å². The monoisotopic (exact) mass is 844 g/mol. The number of hydrogen-bond acceptors (Lipinski definition) is 11. The summed E-state index contributed by atoms with van der Waals surface area (Å²) < 4.78 is 27.9. The van der Waals surface area contributed by atoms with Crippen molar-refractivity contribution in [2.45, 2.75) is 90.3 Å². The summed E-state index contributed by atoms with van der Waals surface area (Å²) in [6.45, 7) is 7.41. The predicted octanol–water partition coefficient (Wildman–Crippen LogP) is 6.04. The maximum atomic E-state index is 14.2. The molecule has 2 heterocycles. The fraction of sp³-hybridized carbons (Fsp3) is 0.462. The zero-order valence-electron chi connectivity index (χ0n) is 32.8. The molecule has 2 aromatic heterocycles. The first kappa shape index (κ1) is 45.5. The molecule has 0 fully saturated rings. The molecule has 4 atom stereocenters. The summed E-state index contributed by atoms with van der Waals surface area (Å²) in [5.74, 6) is -0.432. The van der Waals surface area contributed by atoms with Gasteiger partial charge in [-0.2, -0.15) is 0 Å². The van der Waals surface area contributed by atoms with E-state index in [1.165, 1.54) is 16.2 Å². The Hall–Kier alpha value is -4.22. The number of phosphoric acid groups is 1. The highest BCUT2D eigenvalue weighted by atomic mass is 32.1. The van der Waals surface area contributed by atoms with Crippen molar-refractivity contribution >= 4 is 48.5 Å². The van der Waals surface area contributed by atoms with Gasteiger partial charge in [-0.3, -0.25) is 14.3 Å². The van der Waals surface area contributed by atoms with Crippen LogP contribution in [-0.4, -0.2) is 87.2 Å². The number of carbonyl (C=O) groups excluding carboxylic acids is 3. The number of carbonyl (C=O) groups is 3. The molecule has 0 bridgehead atoms. The van der Waals surface area contributed by atoms with Gasteiger partial charge in [-0.25, -0.2) is 19.1 Å². The number of alkyl carbamates (subject to hydrolysis) is 1. The van der Waals surface area contributed by atoms with Crippen LogP contribution in [0.5, 0.6) is 0 Å². The third-order valence-corrected chi connectivity index (χ3v) is 11.2. The molecule has 4 rings (SSSR count). The van der Waals surface area contributed by atoms with Crippen LogP contribution in [0.2, 0.25) is 0 Å². The Bertz CT molecular complexity index is 1860. The average Bonchev–Trinajstić information content (AvgIpc) is 3.87. The van der Waals surface area contributed by atoms with Crippen LogP contribution in [-0.2, 0) is 49.4 Å². The smallest absolute Gasteiger partial charge is 0.444 e. The summed E-state index contributed by atoms with van der Waals surface area (Å²) in [4.78, 5) is 70.4. The molecule has 310 valence electrons. The number of nitrogens with zero attached hydrogens (tertiary/aromatic N) is 3. The molecule has 0 radical (unpaired) electrons. The third-order valence-electron chi connectivity index (χ3n) is 8.78. The van der Waals surface area contributed by atoms with E-state index in [0.29, 0.717) is 12.8 Å². The lowest BCUT2D eigenvalue weighted by molar-refractivity contribution is -0.125. The van der Waals surface area contributed by atoms with E-state index in [1.54, 1.807) is 30.1 Å². The standard InChI is InChI=1S/C39H53N6O9PS2/c1-26(2)35(44-38(47)45(5)22-31-24-56-37(42-31)27(3)4)36(46)41-30(18-28-12-8-6-9-13-28)20-34(52-16-17-54-55(49,50)51)33(19-29-14-10-7-11-15-29)43-39(48)53-23-32-21-40-25-57-32/h6-15,21,24-27,30,33-35H,16-20,22-23H2,1-5H3,(H,41,46)(H,43,48)(H,44,47)(H2,49,50,51)/t30-,33-,34-,35-/m0/s1. The van der Waals surface area contributed by atoms with Gasteiger partial charge in [0.15, 0.2) is 0 Å². The summed E-state index contributed by atoms with van der Waals surface area (Å²) in [7, 11) is -3.14. The summed E-state index contributed by atoms with van der Waals surface area (Å²) in [5.41, 5.74) is 4.19. The van der Waals surface area contributed by atoms with Gasteiger partial charge in [0.05, 0.1) is 53.0 Å². The minimum absolute atomic E-state index is 0.00313. The second-order valence-electron chi connectivity index (χ2n) is 14.2. The first-order valence-corrected chi connectivity index (χ1v) is 21.9. The molecule has 0 saturated heterocycles. The summed E-state index contributed by atoms with van der Waals surface area (Å²) in [6.07, 6.45) is 0.864. The van der Waals surface area contributed by atoms with Crippen LogP contribution in [0, 0.1) is 5.92 Å². The minimum Gasteiger partial charge on any atom is -0.444 e.